The number of anilines is 1. The molecule has 1 aromatic carbocycles. The van der Waals surface area contributed by atoms with Crippen molar-refractivity contribution in [1.29, 1.82) is 5.26 Å². The lowest BCUT2D eigenvalue weighted by molar-refractivity contribution is 0.209. The molecule has 0 aromatic heterocycles. The van der Waals surface area contributed by atoms with Crippen molar-refractivity contribution >= 4 is 27.7 Å². The lowest BCUT2D eigenvalue weighted by Crippen LogP contribution is -2.09. The van der Waals surface area contributed by atoms with Crippen LogP contribution in [-0.4, -0.2) is 11.2 Å². The Hall–Kier alpha value is -1.54. The number of carbonyl (C=O) groups is 1. The largest absolute Gasteiger partial charge is 0.465 e. The molecule has 5 heteroatoms. The van der Waals surface area contributed by atoms with Crippen LogP contribution in [0.5, 0.6) is 0 Å². The molecule has 0 spiro atoms. The average Bonchev–Trinajstić information content (AvgIpc) is 2.08. The standard InChI is InChI=1S/C8H5BrN2O2/c9-6-3-1-2-5(4-10)7(6)11-8(12)13/h1-3,11H,(H,12,13). The molecular weight excluding hydrogens is 236 g/mol. The van der Waals surface area contributed by atoms with Gasteiger partial charge in [-0.15, -0.1) is 0 Å². The molecular formula is C8H5BrN2O2. The Morgan fingerprint density at radius 1 is 1.62 bits per heavy atom. The molecule has 1 rings (SSSR count). The third-order valence-corrected chi connectivity index (χ3v) is 2.03. The van der Waals surface area contributed by atoms with Gasteiger partial charge in [-0.2, -0.15) is 5.26 Å². The Kier molecular flexibility index (Phi) is 2.88. The van der Waals surface area contributed by atoms with E-state index < -0.39 is 6.09 Å². The van der Waals surface area contributed by atoms with E-state index in [0.29, 0.717) is 4.47 Å². The molecule has 0 heterocycles. The first kappa shape index (κ1) is 9.55. The number of carboxylic acid groups (broad SMARTS) is 1. The van der Waals surface area contributed by atoms with E-state index in [-0.39, 0.29) is 11.3 Å². The Morgan fingerprint density at radius 3 is 2.85 bits per heavy atom. The topological polar surface area (TPSA) is 73.1 Å². The van der Waals surface area contributed by atoms with Gasteiger partial charge in [0.2, 0.25) is 0 Å². The van der Waals surface area contributed by atoms with Gasteiger partial charge in [0.1, 0.15) is 6.07 Å². The van der Waals surface area contributed by atoms with Crippen molar-refractivity contribution in [2.75, 3.05) is 5.32 Å². The minimum Gasteiger partial charge on any atom is -0.465 e. The van der Waals surface area contributed by atoms with Crippen molar-refractivity contribution in [1.82, 2.24) is 0 Å². The van der Waals surface area contributed by atoms with E-state index in [4.69, 9.17) is 10.4 Å². The van der Waals surface area contributed by atoms with E-state index in [1.807, 2.05) is 6.07 Å². The summed E-state index contributed by atoms with van der Waals surface area (Å²) in [6.07, 6.45) is -1.19. The van der Waals surface area contributed by atoms with Crippen LogP contribution in [0.2, 0.25) is 0 Å². The molecule has 1 amide bonds. The molecule has 0 bridgehead atoms. The molecule has 0 aliphatic carbocycles. The number of para-hydroxylation sites is 1. The smallest absolute Gasteiger partial charge is 0.409 e. The predicted octanol–water partition coefficient (Wildman–Crippen LogP) is 2.41. The quantitative estimate of drug-likeness (QED) is 0.792. The van der Waals surface area contributed by atoms with E-state index in [9.17, 15) is 4.79 Å². The number of nitrogens with one attached hydrogen (secondary N) is 1. The zero-order valence-electron chi connectivity index (χ0n) is 6.41. The van der Waals surface area contributed by atoms with E-state index in [1.54, 1.807) is 12.1 Å². The van der Waals surface area contributed by atoms with E-state index in [1.165, 1.54) is 6.07 Å². The number of hydrogen-bond donors (Lipinski definition) is 2. The molecule has 0 aliphatic heterocycles. The fourth-order valence-corrected chi connectivity index (χ4v) is 1.32. The second-order valence-corrected chi connectivity index (χ2v) is 3.06. The zero-order chi connectivity index (χ0) is 9.84. The molecule has 0 saturated heterocycles. The number of benzene rings is 1. The molecule has 0 fully saturated rings. The number of rotatable bonds is 1. The predicted molar refractivity (Wildman–Crippen MR) is 50.5 cm³/mol. The summed E-state index contributed by atoms with van der Waals surface area (Å²) < 4.78 is 0.550. The molecule has 0 aliphatic rings. The summed E-state index contributed by atoms with van der Waals surface area (Å²) in [7, 11) is 0. The minimum atomic E-state index is -1.19. The Bertz CT molecular complexity index is 384. The Balaban J connectivity index is 3.17. The first-order valence-electron chi connectivity index (χ1n) is 3.33. The molecule has 13 heavy (non-hydrogen) atoms. The maximum Gasteiger partial charge on any atom is 0.409 e. The van der Waals surface area contributed by atoms with E-state index in [0.717, 1.165) is 0 Å². The summed E-state index contributed by atoms with van der Waals surface area (Å²) in [6.45, 7) is 0. The number of hydrogen-bond acceptors (Lipinski definition) is 2. The SMILES string of the molecule is N#Cc1cccc(Br)c1NC(=O)O. The minimum absolute atomic E-state index is 0.275. The fraction of sp³-hybridized carbons (Fsp3) is 0. The van der Waals surface area contributed by atoms with E-state index >= 15 is 0 Å². The van der Waals surface area contributed by atoms with Crippen LogP contribution in [0.1, 0.15) is 5.56 Å². The van der Waals surface area contributed by atoms with Gasteiger partial charge in [-0.3, -0.25) is 5.32 Å². The highest BCUT2D eigenvalue weighted by molar-refractivity contribution is 9.10. The van der Waals surface area contributed by atoms with Crippen LogP contribution in [0.3, 0.4) is 0 Å². The summed E-state index contributed by atoms with van der Waals surface area (Å²) in [5, 5.41) is 19.3. The average molecular weight is 241 g/mol. The van der Waals surface area contributed by atoms with Crippen molar-refractivity contribution in [3.05, 3.63) is 28.2 Å². The molecule has 0 unspecified atom stereocenters. The van der Waals surface area contributed by atoms with Gasteiger partial charge in [-0.1, -0.05) is 6.07 Å². The van der Waals surface area contributed by atoms with Crippen LogP contribution >= 0.6 is 15.9 Å². The molecule has 0 atom stereocenters. The van der Waals surface area contributed by atoms with Crippen LogP contribution in [0.15, 0.2) is 22.7 Å². The van der Waals surface area contributed by atoms with Gasteiger partial charge in [0.15, 0.2) is 0 Å². The van der Waals surface area contributed by atoms with Crippen molar-refractivity contribution in [2.24, 2.45) is 0 Å². The number of nitrogens with zero attached hydrogens (tertiary/aromatic N) is 1. The monoisotopic (exact) mass is 240 g/mol. The van der Waals surface area contributed by atoms with Gasteiger partial charge in [0, 0.05) is 4.47 Å². The van der Waals surface area contributed by atoms with Crippen molar-refractivity contribution in [3.8, 4) is 6.07 Å². The number of nitriles is 1. The first-order chi connectivity index (χ1) is 6.15. The van der Waals surface area contributed by atoms with Gasteiger partial charge < -0.3 is 5.11 Å². The third-order valence-electron chi connectivity index (χ3n) is 1.37. The van der Waals surface area contributed by atoms with Crippen molar-refractivity contribution < 1.29 is 9.90 Å². The summed E-state index contributed by atoms with van der Waals surface area (Å²) >= 11 is 3.14. The van der Waals surface area contributed by atoms with Crippen molar-refractivity contribution in [3.63, 3.8) is 0 Å². The number of halogens is 1. The summed E-state index contributed by atoms with van der Waals surface area (Å²) in [4.78, 5) is 10.3. The van der Waals surface area contributed by atoms with E-state index in [2.05, 4.69) is 21.2 Å². The highest BCUT2D eigenvalue weighted by Crippen LogP contribution is 2.25. The van der Waals surface area contributed by atoms with Crippen LogP contribution in [0.4, 0.5) is 10.5 Å². The molecule has 2 N–H and O–H groups in total. The van der Waals surface area contributed by atoms with Gasteiger partial charge in [0.05, 0.1) is 11.3 Å². The Labute approximate surface area is 82.9 Å². The Morgan fingerprint density at radius 2 is 2.31 bits per heavy atom. The van der Waals surface area contributed by atoms with Crippen LogP contribution in [-0.2, 0) is 0 Å². The zero-order valence-corrected chi connectivity index (χ0v) is 8.00. The molecule has 66 valence electrons. The van der Waals surface area contributed by atoms with Gasteiger partial charge in [-0.25, -0.2) is 4.79 Å². The fourth-order valence-electron chi connectivity index (χ4n) is 0.851. The second-order valence-electron chi connectivity index (χ2n) is 2.20. The molecule has 0 radical (unpaired) electrons. The maximum absolute atomic E-state index is 10.3. The highest BCUT2D eigenvalue weighted by Gasteiger charge is 2.07. The summed E-state index contributed by atoms with van der Waals surface area (Å²) in [5.74, 6) is 0. The molecule has 4 nitrogen and oxygen atoms in total. The van der Waals surface area contributed by atoms with Gasteiger partial charge in [-0.05, 0) is 28.1 Å². The summed E-state index contributed by atoms with van der Waals surface area (Å²) in [5.41, 5.74) is 0.564. The third kappa shape index (κ3) is 2.20. The first-order valence-corrected chi connectivity index (χ1v) is 4.13. The highest BCUT2D eigenvalue weighted by atomic mass is 79.9. The van der Waals surface area contributed by atoms with Gasteiger partial charge >= 0.3 is 6.09 Å². The lowest BCUT2D eigenvalue weighted by Gasteiger charge is -2.04. The maximum atomic E-state index is 10.3. The lowest BCUT2D eigenvalue weighted by atomic mass is 10.2. The van der Waals surface area contributed by atoms with Crippen molar-refractivity contribution in [2.45, 2.75) is 0 Å². The second kappa shape index (κ2) is 3.92. The van der Waals surface area contributed by atoms with Gasteiger partial charge in [0.25, 0.3) is 0 Å². The van der Waals surface area contributed by atoms with Crippen LogP contribution in [0.25, 0.3) is 0 Å². The van der Waals surface area contributed by atoms with Crippen LogP contribution in [0, 0.1) is 11.3 Å². The number of amides is 1. The molecule has 0 saturated carbocycles. The summed E-state index contributed by atoms with van der Waals surface area (Å²) in [6, 6.07) is 6.74. The van der Waals surface area contributed by atoms with Crippen LogP contribution < -0.4 is 5.32 Å². The normalized spacial score (nSPS) is 8.92. The molecule has 1 aromatic rings.